The number of benzene rings is 1. The van der Waals surface area contributed by atoms with Gasteiger partial charge in [-0.3, -0.25) is 4.68 Å². The fourth-order valence-electron chi connectivity index (χ4n) is 2.48. The lowest BCUT2D eigenvalue weighted by Crippen LogP contribution is -2.00. The van der Waals surface area contributed by atoms with Crippen molar-refractivity contribution in [3.05, 3.63) is 42.1 Å². The van der Waals surface area contributed by atoms with Crippen LogP contribution in [-0.2, 0) is 13.7 Å². The molecule has 7 heteroatoms. The van der Waals surface area contributed by atoms with E-state index in [1.807, 2.05) is 54.5 Å². The Labute approximate surface area is 141 Å². The average molecular weight is 342 g/mol. The number of hydrogen-bond acceptors (Lipinski definition) is 6. The second-order valence-corrected chi connectivity index (χ2v) is 6.86. The second-order valence-electron chi connectivity index (χ2n) is 5.05. The van der Waals surface area contributed by atoms with Crippen molar-refractivity contribution >= 4 is 43.5 Å². The summed E-state index contributed by atoms with van der Waals surface area (Å²) in [4.78, 5) is 10.1. The van der Waals surface area contributed by atoms with Crippen LogP contribution in [-0.4, -0.2) is 26.0 Å². The lowest BCUT2D eigenvalue weighted by Gasteiger charge is -2.08. The fourth-order valence-corrected chi connectivity index (χ4v) is 3.95. The van der Waals surface area contributed by atoms with E-state index in [1.165, 1.54) is 11.8 Å². The summed E-state index contributed by atoms with van der Waals surface area (Å²) in [5, 5.41) is 5.98. The highest BCUT2D eigenvalue weighted by Crippen LogP contribution is 2.38. The third-order valence-electron chi connectivity index (χ3n) is 3.57. The number of thioether (sulfide) groups is 1. The molecule has 0 saturated carbocycles. The van der Waals surface area contributed by atoms with Crippen molar-refractivity contribution in [1.29, 1.82) is 0 Å². The number of aryl methyl sites for hydroxylation is 1. The Morgan fingerprint density at radius 3 is 2.83 bits per heavy atom. The summed E-state index contributed by atoms with van der Waals surface area (Å²) in [6, 6.07) is 10.1. The lowest BCUT2D eigenvalue weighted by molar-refractivity contribution is 0.295. The van der Waals surface area contributed by atoms with E-state index >= 15 is 0 Å². The molecule has 116 valence electrons. The molecule has 23 heavy (non-hydrogen) atoms. The highest BCUT2D eigenvalue weighted by molar-refractivity contribution is 7.98. The van der Waals surface area contributed by atoms with E-state index in [0.29, 0.717) is 12.5 Å². The Bertz CT molecular complexity index is 978. The van der Waals surface area contributed by atoms with Gasteiger partial charge < -0.3 is 4.74 Å². The number of fused-ring (bicyclic) bond motifs is 3. The van der Waals surface area contributed by atoms with Gasteiger partial charge in [-0.15, -0.1) is 11.3 Å². The summed E-state index contributed by atoms with van der Waals surface area (Å²) in [7, 11) is 1.93. The highest BCUT2D eigenvalue weighted by Gasteiger charge is 2.18. The van der Waals surface area contributed by atoms with Gasteiger partial charge in [0.05, 0.1) is 21.8 Å². The summed E-state index contributed by atoms with van der Waals surface area (Å²) in [5.74, 6) is 0.623. The second kappa shape index (κ2) is 5.82. The van der Waals surface area contributed by atoms with Gasteiger partial charge in [-0.2, -0.15) is 10.1 Å². The molecule has 0 amide bonds. The van der Waals surface area contributed by atoms with Crippen molar-refractivity contribution in [2.75, 3.05) is 6.26 Å². The van der Waals surface area contributed by atoms with Gasteiger partial charge in [-0.25, -0.2) is 4.98 Å². The van der Waals surface area contributed by atoms with Gasteiger partial charge in [0.15, 0.2) is 5.16 Å². The zero-order chi connectivity index (χ0) is 15.8. The van der Waals surface area contributed by atoms with Gasteiger partial charge in [0.2, 0.25) is 5.88 Å². The Hall–Kier alpha value is -2.12. The summed E-state index contributed by atoms with van der Waals surface area (Å²) in [6.07, 6.45) is 3.83. The number of rotatable bonds is 4. The predicted molar refractivity (Wildman–Crippen MR) is 94.2 cm³/mol. The molecule has 0 unspecified atom stereocenters. The molecule has 0 spiro atoms. The first-order valence-corrected chi connectivity index (χ1v) is 9.13. The van der Waals surface area contributed by atoms with E-state index < -0.39 is 0 Å². The number of hydrogen-bond donors (Lipinski definition) is 0. The van der Waals surface area contributed by atoms with Gasteiger partial charge in [-0.1, -0.05) is 42.1 Å². The maximum absolute atomic E-state index is 6.04. The monoisotopic (exact) mass is 342 g/mol. The fraction of sp³-hybridized carbons (Fsp3) is 0.188. The zero-order valence-corrected chi connectivity index (χ0v) is 14.3. The maximum Gasteiger partial charge on any atom is 0.228 e. The Morgan fingerprint density at radius 2 is 2.04 bits per heavy atom. The van der Waals surface area contributed by atoms with Crippen LogP contribution < -0.4 is 4.74 Å². The van der Waals surface area contributed by atoms with Gasteiger partial charge in [0.25, 0.3) is 0 Å². The van der Waals surface area contributed by atoms with Crippen LogP contribution in [0.2, 0.25) is 0 Å². The summed E-state index contributed by atoms with van der Waals surface area (Å²) >= 11 is 3.14. The average Bonchev–Trinajstić information content (AvgIpc) is 3.13. The lowest BCUT2D eigenvalue weighted by atomic mass is 10.2. The van der Waals surface area contributed by atoms with Gasteiger partial charge in [-0.05, 0) is 11.8 Å². The van der Waals surface area contributed by atoms with E-state index in [-0.39, 0.29) is 0 Å². The van der Waals surface area contributed by atoms with Gasteiger partial charge in [0, 0.05) is 7.05 Å². The molecule has 3 aromatic heterocycles. The molecular formula is C16H14N4OS2. The molecule has 1 aromatic carbocycles. The Kier molecular flexibility index (Phi) is 3.66. The van der Waals surface area contributed by atoms with E-state index in [2.05, 4.69) is 15.1 Å². The Balaban J connectivity index is 1.83. The first-order valence-electron chi connectivity index (χ1n) is 7.09. The van der Waals surface area contributed by atoms with Crippen LogP contribution in [0.15, 0.2) is 41.7 Å². The van der Waals surface area contributed by atoms with E-state index in [9.17, 15) is 0 Å². The molecule has 0 atom stereocenters. The number of thiophene rings is 1. The molecule has 0 aliphatic carbocycles. The first kappa shape index (κ1) is 14.5. The number of ether oxygens (including phenoxy) is 1. The molecule has 0 radical (unpaired) electrons. The minimum Gasteiger partial charge on any atom is -0.472 e. The SMILES string of the molecule is CSc1nc(OCc2ccccc2)c2c(n1)sc1cnn(C)c12. The Morgan fingerprint density at radius 1 is 1.22 bits per heavy atom. The van der Waals surface area contributed by atoms with Crippen LogP contribution in [0.1, 0.15) is 5.56 Å². The van der Waals surface area contributed by atoms with E-state index in [4.69, 9.17) is 4.74 Å². The van der Waals surface area contributed by atoms with Gasteiger partial charge in [0.1, 0.15) is 11.4 Å². The molecule has 4 aromatic rings. The summed E-state index contributed by atoms with van der Waals surface area (Å²) < 4.78 is 8.99. The van der Waals surface area contributed by atoms with E-state index in [0.717, 1.165) is 31.2 Å². The topological polar surface area (TPSA) is 52.8 Å². The molecule has 0 aliphatic heterocycles. The summed E-state index contributed by atoms with van der Waals surface area (Å²) in [5.41, 5.74) is 2.14. The van der Waals surface area contributed by atoms with E-state index in [1.54, 1.807) is 11.3 Å². The maximum atomic E-state index is 6.04. The van der Waals surface area contributed by atoms with Crippen LogP contribution in [0.5, 0.6) is 5.88 Å². The zero-order valence-electron chi connectivity index (χ0n) is 12.7. The normalized spacial score (nSPS) is 11.4. The molecule has 4 rings (SSSR count). The quantitative estimate of drug-likeness (QED) is 0.416. The molecule has 0 aliphatic rings. The molecule has 0 saturated heterocycles. The summed E-state index contributed by atoms with van der Waals surface area (Å²) in [6.45, 7) is 0.482. The third kappa shape index (κ3) is 2.55. The van der Waals surface area contributed by atoms with Gasteiger partial charge >= 0.3 is 0 Å². The predicted octanol–water partition coefficient (Wildman–Crippen LogP) is 3.88. The molecule has 0 bridgehead atoms. The molecule has 5 nitrogen and oxygen atoms in total. The minimum atomic E-state index is 0.482. The third-order valence-corrected chi connectivity index (χ3v) is 5.13. The smallest absolute Gasteiger partial charge is 0.228 e. The first-order chi connectivity index (χ1) is 11.3. The highest BCUT2D eigenvalue weighted by atomic mass is 32.2. The van der Waals surface area contributed by atoms with Crippen LogP contribution in [0, 0.1) is 0 Å². The van der Waals surface area contributed by atoms with Crippen molar-refractivity contribution in [2.24, 2.45) is 7.05 Å². The molecule has 3 heterocycles. The van der Waals surface area contributed by atoms with Crippen LogP contribution in [0.25, 0.3) is 20.4 Å². The minimum absolute atomic E-state index is 0.482. The van der Waals surface area contributed by atoms with Crippen molar-refractivity contribution < 1.29 is 4.74 Å². The van der Waals surface area contributed by atoms with Crippen molar-refractivity contribution in [3.8, 4) is 5.88 Å². The standard InChI is InChI=1S/C16H14N4OS2/c1-20-13-11(8-17-20)23-15-12(13)14(18-16(19-15)22-2)21-9-10-6-4-3-5-7-10/h3-8H,9H2,1-2H3. The van der Waals surface area contributed by atoms with Crippen molar-refractivity contribution in [1.82, 2.24) is 19.7 Å². The van der Waals surface area contributed by atoms with Crippen molar-refractivity contribution in [3.63, 3.8) is 0 Å². The largest absolute Gasteiger partial charge is 0.472 e. The molecule has 0 N–H and O–H groups in total. The molecular weight excluding hydrogens is 328 g/mol. The number of nitrogens with zero attached hydrogens (tertiary/aromatic N) is 4. The van der Waals surface area contributed by atoms with Crippen LogP contribution in [0.3, 0.4) is 0 Å². The molecule has 0 fully saturated rings. The van der Waals surface area contributed by atoms with Crippen LogP contribution >= 0.6 is 23.1 Å². The van der Waals surface area contributed by atoms with Crippen LogP contribution in [0.4, 0.5) is 0 Å². The van der Waals surface area contributed by atoms with Crippen molar-refractivity contribution in [2.45, 2.75) is 11.8 Å². The number of aromatic nitrogens is 4.